The quantitative estimate of drug-likeness (QED) is 0.675. The van der Waals surface area contributed by atoms with Crippen LogP contribution in [-0.2, 0) is 22.8 Å². The number of aryl methyl sites for hydroxylation is 2. The molecule has 2 heterocycles. The van der Waals surface area contributed by atoms with Crippen LogP contribution >= 0.6 is 11.6 Å². The Hall–Kier alpha value is -2.36. The van der Waals surface area contributed by atoms with E-state index >= 15 is 0 Å². The summed E-state index contributed by atoms with van der Waals surface area (Å²) in [5.41, 5.74) is 1.36. The molecule has 1 aliphatic heterocycles. The van der Waals surface area contributed by atoms with Crippen molar-refractivity contribution >= 4 is 23.6 Å². The number of benzene rings is 1. The minimum absolute atomic E-state index is 0.244. The standard InChI is InChI=1S/C21H24ClF3N4O2/c1-14-17(20(22)28(2)27-14)7-8-19(30)26-13-18(29-9-11-31-12-10-29)15-3-5-16(6-4-15)21(23,24)25/h3-8,18H,9-13H2,1-2H3,(H,26,30)/b8-7-/t18-/m0/s1. The Kier molecular flexibility index (Phi) is 7.40. The highest BCUT2D eigenvalue weighted by molar-refractivity contribution is 6.31. The molecule has 3 rings (SSSR count). The van der Waals surface area contributed by atoms with Gasteiger partial charge in [0.1, 0.15) is 5.15 Å². The van der Waals surface area contributed by atoms with E-state index in [9.17, 15) is 18.0 Å². The van der Waals surface area contributed by atoms with Crippen molar-refractivity contribution < 1.29 is 22.7 Å². The summed E-state index contributed by atoms with van der Waals surface area (Å²) in [5.74, 6) is -0.329. The Morgan fingerprint density at radius 1 is 1.29 bits per heavy atom. The summed E-state index contributed by atoms with van der Waals surface area (Å²) in [6, 6.07) is 4.79. The van der Waals surface area contributed by atoms with Crippen molar-refractivity contribution in [2.45, 2.75) is 19.1 Å². The molecule has 0 unspecified atom stereocenters. The van der Waals surface area contributed by atoms with Crippen LogP contribution in [0.5, 0.6) is 0 Å². The van der Waals surface area contributed by atoms with Crippen molar-refractivity contribution in [3.8, 4) is 0 Å². The van der Waals surface area contributed by atoms with Gasteiger partial charge in [0.05, 0.1) is 30.5 Å². The Balaban J connectivity index is 1.71. The van der Waals surface area contributed by atoms with Gasteiger partial charge < -0.3 is 10.1 Å². The molecule has 1 fully saturated rings. The highest BCUT2D eigenvalue weighted by Crippen LogP contribution is 2.31. The first kappa shape index (κ1) is 23.3. The summed E-state index contributed by atoms with van der Waals surface area (Å²) in [7, 11) is 1.71. The van der Waals surface area contributed by atoms with Crippen LogP contribution in [0, 0.1) is 6.92 Å². The topological polar surface area (TPSA) is 59.4 Å². The molecule has 0 radical (unpaired) electrons. The first-order valence-corrected chi connectivity index (χ1v) is 10.2. The van der Waals surface area contributed by atoms with Gasteiger partial charge in [0.25, 0.3) is 0 Å². The Bertz CT molecular complexity index is 935. The molecule has 1 amide bonds. The predicted molar refractivity (Wildman–Crippen MR) is 112 cm³/mol. The maximum Gasteiger partial charge on any atom is 0.416 e. The monoisotopic (exact) mass is 456 g/mol. The number of halogens is 4. The van der Waals surface area contributed by atoms with E-state index in [0.29, 0.717) is 48.3 Å². The average molecular weight is 457 g/mol. The third-order valence-corrected chi connectivity index (χ3v) is 5.62. The maximum atomic E-state index is 12.9. The zero-order valence-corrected chi connectivity index (χ0v) is 18.0. The van der Waals surface area contributed by atoms with E-state index in [0.717, 1.165) is 12.1 Å². The van der Waals surface area contributed by atoms with Gasteiger partial charge in [0.15, 0.2) is 0 Å². The number of aromatic nitrogens is 2. The van der Waals surface area contributed by atoms with Crippen molar-refractivity contribution in [1.29, 1.82) is 0 Å². The highest BCUT2D eigenvalue weighted by Gasteiger charge is 2.31. The van der Waals surface area contributed by atoms with E-state index in [-0.39, 0.29) is 18.5 Å². The van der Waals surface area contributed by atoms with Crippen molar-refractivity contribution in [1.82, 2.24) is 20.0 Å². The Morgan fingerprint density at radius 3 is 2.48 bits per heavy atom. The van der Waals surface area contributed by atoms with Gasteiger partial charge in [-0.3, -0.25) is 14.4 Å². The molecule has 0 spiro atoms. The third-order valence-electron chi connectivity index (χ3n) is 5.18. The van der Waals surface area contributed by atoms with Crippen LogP contribution in [0.1, 0.15) is 28.4 Å². The number of carbonyl (C=O) groups is 1. The lowest BCUT2D eigenvalue weighted by Crippen LogP contribution is -2.43. The Labute approximate surface area is 183 Å². The molecule has 0 aliphatic carbocycles. The number of hydrogen-bond acceptors (Lipinski definition) is 4. The molecule has 1 atom stereocenters. The first-order chi connectivity index (χ1) is 14.7. The lowest BCUT2D eigenvalue weighted by molar-refractivity contribution is -0.137. The molecule has 1 aliphatic rings. The minimum Gasteiger partial charge on any atom is -0.379 e. The maximum absolute atomic E-state index is 12.9. The number of ether oxygens (including phenoxy) is 1. The van der Waals surface area contributed by atoms with Crippen molar-refractivity contribution in [2.24, 2.45) is 7.05 Å². The second-order valence-electron chi connectivity index (χ2n) is 7.28. The number of carbonyl (C=O) groups excluding carboxylic acids is 1. The minimum atomic E-state index is -4.39. The second-order valence-corrected chi connectivity index (χ2v) is 7.63. The molecular formula is C21H24ClF3N4O2. The van der Waals surface area contributed by atoms with Crippen LogP contribution in [0.2, 0.25) is 5.15 Å². The molecular weight excluding hydrogens is 433 g/mol. The number of amides is 1. The zero-order chi connectivity index (χ0) is 22.6. The number of nitrogens with one attached hydrogen (secondary N) is 1. The smallest absolute Gasteiger partial charge is 0.379 e. The fourth-order valence-corrected chi connectivity index (χ4v) is 3.73. The van der Waals surface area contributed by atoms with Crippen LogP contribution in [0.25, 0.3) is 6.08 Å². The number of morpholine rings is 1. The van der Waals surface area contributed by atoms with Gasteiger partial charge in [-0.25, -0.2) is 0 Å². The lowest BCUT2D eigenvalue weighted by Gasteiger charge is -2.35. The van der Waals surface area contributed by atoms with E-state index in [2.05, 4.69) is 15.3 Å². The summed E-state index contributed by atoms with van der Waals surface area (Å²) in [6.45, 7) is 4.36. The summed E-state index contributed by atoms with van der Waals surface area (Å²) >= 11 is 6.17. The van der Waals surface area contributed by atoms with Gasteiger partial charge in [-0.1, -0.05) is 23.7 Å². The first-order valence-electron chi connectivity index (χ1n) is 9.81. The van der Waals surface area contributed by atoms with Crippen LogP contribution in [0.4, 0.5) is 13.2 Å². The molecule has 1 N–H and O–H groups in total. The molecule has 168 valence electrons. The van der Waals surface area contributed by atoms with Crippen LogP contribution in [-0.4, -0.2) is 53.4 Å². The van der Waals surface area contributed by atoms with Crippen LogP contribution in [0.3, 0.4) is 0 Å². The van der Waals surface area contributed by atoms with E-state index in [4.69, 9.17) is 16.3 Å². The van der Waals surface area contributed by atoms with Gasteiger partial charge in [0, 0.05) is 38.3 Å². The number of rotatable bonds is 6. The fraction of sp³-hybridized carbons (Fsp3) is 0.429. The molecule has 1 aromatic carbocycles. The zero-order valence-electron chi connectivity index (χ0n) is 17.2. The van der Waals surface area contributed by atoms with Gasteiger partial charge >= 0.3 is 6.18 Å². The predicted octanol–water partition coefficient (Wildman–Crippen LogP) is 3.60. The summed E-state index contributed by atoms with van der Waals surface area (Å²) in [5, 5.41) is 7.46. The van der Waals surface area contributed by atoms with Gasteiger partial charge in [-0.2, -0.15) is 18.3 Å². The average Bonchev–Trinajstić information content (AvgIpc) is 2.98. The molecule has 10 heteroatoms. The van der Waals surface area contributed by atoms with E-state index < -0.39 is 11.7 Å². The van der Waals surface area contributed by atoms with E-state index in [1.807, 2.05) is 0 Å². The van der Waals surface area contributed by atoms with Gasteiger partial charge in [-0.15, -0.1) is 0 Å². The molecule has 1 saturated heterocycles. The largest absolute Gasteiger partial charge is 0.416 e. The van der Waals surface area contributed by atoms with E-state index in [1.54, 1.807) is 20.0 Å². The van der Waals surface area contributed by atoms with Gasteiger partial charge in [-0.05, 0) is 30.7 Å². The SMILES string of the molecule is Cc1nn(C)c(Cl)c1/C=C\C(=O)NC[C@@H](c1ccc(C(F)(F)F)cc1)N1CCOCC1. The van der Waals surface area contributed by atoms with Crippen molar-refractivity contribution in [2.75, 3.05) is 32.8 Å². The van der Waals surface area contributed by atoms with Crippen molar-refractivity contribution in [3.63, 3.8) is 0 Å². The summed E-state index contributed by atoms with van der Waals surface area (Å²) in [4.78, 5) is 14.5. The molecule has 31 heavy (non-hydrogen) atoms. The lowest BCUT2D eigenvalue weighted by atomic mass is 10.0. The second kappa shape index (κ2) is 9.84. The fourth-order valence-electron chi connectivity index (χ4n) is 3.49. The van der Waals surface area contributed by atoms with E-state index in [1.165, 1.54) is 22.9 Å². The highest BCUT2D eigenvalue weighted by atomic mass is 35.5. The third kappa shape index (κ3) is 5.87. The number of alkyl halides is 3. The van der Waals surface area contributed by atoms with Crippen LogP contribution in [0.15, 0.2) is 30.3 Å². The summed E-state index contributed by atoms with van der Waals surface area (Å²) < 4.78 is 45.6. The Morgan fingerprint density at radius 2 is 1.94 bits per heavy atom. The number of hydrogen-bond donors (Lipinski definition) is 1. The normalized spacial score (nSPS) is 16.6. The van der Waals surface area contributed by atoms with Crippen molar-refractivity contribution in [3.05, 3.63) is 57.9 Å². The van der Waals surface area contributed by atoms with Crippen LogP contribution < -0.4 is 5.32 Å². The molecule has 1 aromatic heterocycles. The summed E-state index contributed by atoms with van der Waals surface area (Å²) in [6.07, 6.45) is -1.42. The van der Waals surface area contributed by atoms with Gasteiger partial charge in [0.2, 0.25) is 5.91 Å². The molecule has 6 nitrogen and oxygen atoms in total. The molecule has 2 aromatic rings. The molecule has 0 bridgehead atoms. The number of nitrogens with zero attached hydrogens (tertiary/aromatic N) is 3. The molecule has 0 saturated carbocycles.